The molecule has 1 atom stereocenters. The Bertz CT molecular complexity index is 189. The van der Waals surface area contributed by atoms with Gasteiger partial charge in [0, 0.05) is 17.9 Å². The van der Waals surface area contributed by atoms with Gasteiger partial charge in [0.15, 0.2) is 0 Å². The number of rotatable bonds is 4. The number of methoxy groups -OCH3 is 1. The van der Waals surface area contributed by atoms with Gasteiger partial charge >= 0.3 is 5.97 Å². The highest BCUT2D eigenvalue weighted by molar-refractivity contribution is 5.69. The highest BCUT2D eigenvalue weighted by Crippen LogP contribution is 2.31. The molecule has 2 N–H and O–H groups in total. The van der Waals surface area contributed by atoms with Crippen molar-refractivity contribution < 1.29 is 14.3 Å². The molecule has 4 nitrogen and oxygen atoms in total. The SMILES string of the molecule is COC(=O)CCC(N)C1(C)COC1. The third-order valence-electron chi connectivity index (χ3n) is 2.65. The van der Waals surface area contributed by atoms with E-state index >= 15 is 0 Å². The van der Waals surface area contributed by atoms with Crippen molar-refractivity contribution in [3.63, 3.8) is 0 Å². The maximum Gasteiger partial charge on any atom is 0.305 e. The Labute approximate surface area is 78.4 Å². The van der Waals surface area contributed by atoms with Crippen LogP contribution in [0.1, 0.15) is 19.8 Å². The van der Waals surface area contributed by atoms with Crippen LogP contribution in [-0.2, 0) is 14.3 Å². The third kappa shape index (κ3) is 2.42. The van der Waals surface area contributed by atoms with Crippen LogP contribution in [0.5, 0.6) is 0 Å². The molecule has 0 aromatic carbocycles. The summed E-state index contributed by atoms with van der Waals surface area (Å²) in [4.78, 5) is 10.8. The maximum atomic E-state index is 10.8. The first-order chi connectivity index (χ1) is 6.08. The first-order valence-electron chi connectivity index (χ1n) is 4.48. The van der Waals surface area contributed by atoms with Crippen LogP contribution in [0, 0.1) is 5.41 Å². The predicted octanol–water partition coefficient (Wildman–Crippen LogP) is 0.303. The summed E-state index contributed by atoms with van der Waals surface area (Å²) in [7, 11) is 1.39. The summed E-state index contributed by atoms with van der Waals surface area (Å²) in [6.07, 6.45) is 1.07. The molecule has 1 saturated heterocycles. The average molecular weight is 187 g/mol. The number of nitrogens with two attached hydrogens (primary N) is 1. The van der Waals surface area contributed by atoms with Crippen LogP contribution in [0.2, 0.25) is 0 Å². The van der Waals surface area contributed by atoms with E-state index in [4.69, 9.17) is 10.5 Å². The van der Waals surface area contributed by atoms with E-state index in [0.717, 1.165) is 0 Å². The Hall–Kier alpha value is -0.610. The topological polar surface area (TPSA) is 61.5 Å². The second-order valence-electron chi connectivity index (χ2n) is 3.87. The van der Waals surface area contributed by atoms with Crippen molar-refractivity contribution in [1.82, 2.24) is 0 Å². The number of ether oxygens (including phenoxy) is 2. The van der Waals surface area contributed by atoms with Crippen LogP contribution in [0.3, 0.4) is 0 Å². The van der Waals surface area contributed by atoms with Crippen molar-refractivity contribution in [3.8, 4) is 0 Å². The normalized spacial score (nSPS) is 21.8. The van der Waals surface area contributed by atoms with E-state index in [0.29, 0.717) is 26.1 Å². The fraction of sp³-hybridized carbons (Fsp3) is 0.889. The zero-order valence-corrected chi connectivity index (χ0v) is 8.21. The molecule has 1 aliphatic heterocycles. The lowest BCUT2D eigenvalue weighted by Gasteiger charge is -2.42. The molecule has 0 bridgehead atoms. The van der Waals surface area contributed by atoms with E-state index in [-0.39, 0.29) is 17.4 Å². The molecular weight excluding hydrogens is 170 g/mol. The van der Waals surface area contributed by atoms with E-state index in [9.17, 15) is 4.79 Å². The van der Waals surface area contributed by atoms with Crippen molar-refractivity contribution >= 4 is 5.97 Å². The zero-order chi connectivity index (χ0) is 9.90. The molecule has 76 valence electrons. The van der Waals surface area contributed by atoms with Gasteiger partial charge in [0.1, 0.15) is 0 Å². The smallest absolute Gasteiger partial charge is 0.305 e. The lowest BCUT2D eigenvalue weighted by atomic mass is 9.79. The molecule has 13 heavy (non-hydrogen) atoms. The van der Waals surface area contributed by atoms with Gasteiger partial charge in [0.25, 0.3) is 0 Å². The standard InChI is InChI=1S/C9H17NO3/c1-9(5-13-6-9)7(10)3-4-8(11)12-2/h7H,3-6,10H2,1-2H3. The molecule has 0 spiro atoms. The molecule has 1 heterocycles. The van der Waals surface area contributed by atoms with Crippen LogP contribution in [0.4, 0.5) is 0 Å². The van der Waals surface area contributed by atoms with E-state index in [2.05, 4.69) is 11.7 Å². The number of hydrogen-bond acceptors (Lipinski definition) is 4. The van der Waals surface area contributed by atoms with Crippen molar-refractivity contribution in [2.24, 2.45) is 11.1 Å². The van der Waals surface area contributed by atoms with Gasteiger partial charge in [-0.2, -0.15) is 0 Å². The van der Waals surface area contributed by atoms with E-state index < -0.39 is 0 Å². The van der Waals surface area contributed by atoms with Gasteiger partial charge in [-0.25, -0.2) is 0 Å². The van der Waals surface area contributed by atoms with Crippen LogP contribution in [-0.4, -0.2) is 32.3 Å². The number of carbonyl (C=O) groups is 1. The van der Waals surface area contributed by atoms with Gasteiger partial charge in [-0.1, -0.05) is 6.92 Å². The van der Waals surface area contributed by atoms with Crippen molar-refractivity contribution in [3.05, 3.63) is 0 Å². The van der Waals surface area contributed by atoms with E-state index in [1.165, 1.54) is 7.11 Å². The molecule has 0 amide bonds. The minimum absolute atomic E-state index is 0.0281. The Morgan fingerprint density at radius 3 is 2.69 bits per heavy atom. The summed E-state index contributed by atoms with van der Waals surface area (Å²) in [6.45, 7) is 3.49. The molecule has 4 heteroatoms. The van der Waals surface area contributed by atoms with Crippen molar-refractivity contribution in [1.29, 1.82) is 0 Å². The minimum atomic E-state index is -0.195. The summed E-state index contributed by atoms with van der Waals surface area (Å²) in [5.74, 6) is -0.195. The molecule has 1 unspecified atom stereocenters. The maximum absolute atomic E-state index is 10.8. The summed E-state index contributed by atoms with van der Waals surface area (Å²) in [5.41, 5.74) is 5.99. The average Bonchev–Trinajstić information content (AvgIpc) is 2.09. The molecular formula is C9H17NO3. The lowest BCUT2D eigenvalue weighted by Crippen LogP contribution is -2.53. The first kappa shape index (κ1) is 10.5. The Balaban J connectivity index is 2.24. The Morgan fingerprint density at radius 2 is 2.31 bits per heavy atom. The highest BCUT2D eigenvalue weighted by atomic mass is 16.5. The van der Waals surface area contributed by atoms with Crippen LogP contribution < -0.4 is 5.73 Å². The fourth-order valence-electron chi connectivity index (χ4n) is 1.36. The molecule has 0 saturated carbocycles. The first-order valence-corrected chi connectivity index (χ1v) is 4.48. The number of hydrogen-bond donors (Lipinski definition) is 1. The van der Waals surface area contributed by atoms with Gasteiger partial charge in [-0.05, 0) is 6.42 Å². The lowest BCUT2D eigenvalue weighted by molar-refractivity contribution is -0.142. The molecule has 1 aliphatic rings. The van der Waals surface area contributed by atoms with E-state index in [1.54, 1.807) is 0 Å². The van der Waals surface area contributed by atoms with Crippen LogP contribution in [0.25, 0.3) is 0 Å². The molecule has 0 aliphatic carbocycles. The van der Waals surface area contributed by atoms with Gasteiger partial charge in [-0.15, -0.1) is 0 Å². The fourth-order valence-corrected chi connectivity index (χ4v) is 1.36. The zero-order valence-electron chi connectivity index (χ0n) is 8.21. The number of carbonyl (C=O) groups excluding carboxylic acids is 1. The highest BCUT2D eigenvalue weighted by Gasteiger charge is 2.39. The quantitative estimate of drug-likeness (QED) is 0.643. The Morgan fingerprint density at radius 1 is 1.69 bits per heavy atom. The van der Waals surface area contributed by atoms with Crippen molar-refractivity contribution in [2.75, 3.05) is 20.3 Å². The second kappa shape index (κ2) is 4.07. The number of esters is 1. The molecule has 0 aromatic heterocycles. The molecule has 1 fully saturated rings. The largest absolute Gasteiger partial charge is 0.469 e. The molecule has 0 aromatic rings. The monoisotopic (exact) mass is 187 g/mol. The van der Waals surface area contributed by atoms with Gasteiger partial charge in [0.2, 0.25) is 0 Å². The van der Waals surface area contributed by atoms with Crippen LogP contribution >= 0.6 is 0 Å². The summed E-state index contributed by atoms with van der Waals surface area (Å²) in [6, 6.07) is 0.0281. The van der Waals surface area contributed by atoms with Crippen molar-refractivity contribution in [2.45, 2.75) is 25.8 Å². The summed E-state index contributed by atoms with van der Waals surface area (Å²) < 4.78 is 9.64. The summed E-state index contributed by atoms with van der Waals surface area (Å²) >= 11 is 0. The summed E-state index contributed by atoms with van der Waals surface area (Å²) in [5, 5.41) is 0. The van der Waals surface area contributed by atoms with Gasteiger partial charge in [0.05, 0.1) is 20.3 Å². The molecule has 0 radical (unpaired) electrons. The van der Waals surface area contributed by atoms with Crippen LogP contribution in [0.15, 0.2) is 0 Å². The third-order valence-corrected chi connectivity index (χ3v) is 2.65. The second-order valence-corrected chi connectivity index (χ2v) is 3.87. The molecule has 1 rings (SSSR count). The Kier molecular flexibility index (Phi) is 3.27. The van der Waals surface area contributed by atoms with Gasteiger partial charge < -0.3 is 15.2 Å². The van der Waals surface area contributed by atoms with E-state index in [1.807, 2.05) is 0 Å². The predicted molar refractivity (Wildman–Crippen MR) is 48.2 cm³/mol. The van der Waals surface area contributed by atoms with Gasteiger partial charge in [-0.3, -0.25) is 4.79 Å². The minimum Gasteiger partial charge on any atom is -0.469 e.